The van der Waals surface area contributed by atoms with Crippen LogP contribution in [0, 0.1) is 29.1 Å². The molecule has 2 aromatic rings. The van der Waals surface area contributed by atoms with E-state index in [1.54, 1.807) is 12.1 Å². The molecular formula is C17H12N2O. The standard InChI is InChI=1S/C17H12N2O/c1-12-10-19-11-15(8-16(19)17(12)20)6-5-13-3-2-4-14(7-13)9-18/h2-4,7-8,11-12H,10H2,1H3. The van der Waals surface area contributed by atoms with Gasteiger partial charge in [0.1, 0.15) is 0 Å². The van der Waals surface area contributed by atoms with Crippen LogP contribution in [-0.2, 0) is 6.54 Å². The zero-order chi connectivity index (χ0) is 14.1. The van der Waals surface area contributed by atoms with Gasteiger partial charge in [0.15, 0.2) is 5.78 Å². The predicted molar refractivity (Wildman–Crippen MR) is 75.1 cm³/mol. The number of hydrogen-bond donors (Lipinski definition) is 0. The number of benzene rings is 1. The van der Waals surface area contributed by atoms with Gasteiger partial charge in [-0.15, -0.1) is 0 Å². The van der Waals surface area contributed by atoms with Gasteiger partial charge >= 0.3 is 0 Å². The van der Waals surface area contributed by atoms with E-state index in [9.17, 15) is 4.79 Å². The van der Waals surface area contributed by atoms with Crippen molar-refractivity contribution in [3.05, 3.63) is 58.9 Å². The van der Waals surface area contributed by atoms with E-state index >= 15 is 0 Å². The Labute approximate surface area is 117 Å². The molecule has 0 saturated carbocycles. The van der Waals surface area contributed by atoms with Gasteiger partial charge < -0.3 is 4.57 Å². The van der Waals surface area contributed by atoms with Crippen molar-refractivity contribution in [1.29, 1.82) is 5.26 Å². The molecule has 1 unspecified atom stereocenters. The molecule has 2 heterocycles. The zero-order valence-electron chi connectivity index (χ0n) is 11.1. The lowest BCUT2D eigenvalue weighted by Crippen LogP contribution is -2.03. The fourth-order valence-corrected chi connectivity index (χ4v) is 2.38. The van der Waals surface area contributed by atoms with Crippen LogP contribution in [0.3, 0.4) is 0 Å². The quantitative estimate of drug-likeness (QED) is 0.683. The largest absolute Gasteiger partial charge is 0.343 e. The number of nitrogens with zero attached hydrogens (tertiary/aromatic N) is 2. The van der Waals surface area contributed by atoms with E-state index in [-0.39, 0.29) is 11.7 Å². The first-order valence-electron chi connectivity index (χ1n) is 6.44. The molecule has 20 heavy (non-hydrogen) atoms. The Bertz CT molecular complexity index is 796. The van der Waals surface area contributed by atoms with E-state index in [1.165, 1.54) is 0 Å². The Hall–Kier alpha value is -2.78. The number of carbonyl (C=O) groups excluding carboxylic acids is 1. The summed E-state index contributed by atoms with van der Waals surface area (Å²) < 4.78 is 1.96. The first-order chi connectivity index (χ1) is 9.67. The summed E-state index contributed by atoms with van der Waals surface area (Å²) in [5, 5.41) is 8.84. The average Bonchev–Trinajstić information content (AvgIpc) is 2.97. The molecule has 1 aromatic heterocycles. The summed E-state index contributed by atoms with van der Waals surface area (Å²) in [6.07, 6.45) is 1.91. The van der Waals surface area contributed by atoms with Gasteiger partial charge in [-0.25, -0.2) is 0 Å². The Morgan fingerprint density at radius 3 is 2.70 bits per heavy atom. The van der Waals surface area contributed by atoms with Crippen LogP contribution < -0.4 is 0 Å². The molecule has 0 spiro atoms. The first kappa shape index (κ1) is 12.3. The third kappa shape index (κ3) is 2.11. The molecule has 96 valence electrons. The second-order valence-corrected chi connectivity index (χ2v) is 4.97. The zero-order valence-corrected chi connectivity index (χ0v) is 11.1. The van der Waals surface area contributed by atoms with E-state index in [4.69, 9.17) is 5.26 Å². The molecular weight excluding hydrogens is 248 g/mol. The molecule has 1 aromatic carbocycles. The molecule has 0 aliphatic carbocycles. The Balaban J connectivity index is 1.89. The summed E-state index contributed by atoms with van der Waals surface area (Å²) in [5.41, 5.74) is 2.98. The number of carbonyl (C=O) groups is 1. The fourth-order valence-electron chi connectivity index (χ4n) is 2.38. The number of aromatic nitrogens is 1. The number of hydrogen-bond acceptors (Lipinski definition) is 2. The molecule has 3 nitrogen and oxygen atoms in total. The van der Waals surface area contributed by atoms with E-state index in [0.29, 0.717) is 5.56 Å². The summed E-state index contributed by atoms with van der Waals surface area (Å²) in [4.78, 5) is 11.9. The van der Waals surface area contributed by atoms with Crippen molar-refractivity contribution in [2.45, 2.75) is 13.5 Å². The van der Waals surface area contributed by atoms with Crippen LogP contribution in [0.4, 0.5) is 0 Å². The van der Waals surface area contributed by atoms with Gasteiger partial charge in [-0.2, -0.15) is 5.26 Å². The molecule has 3 rings (SSSR count). The van der Waals surface area contributed by atoms with Gasteiger partial charge in [0.05, 0.1) is 17.3 Å². The fraction of sp³-hybridized carbons (Fsp3) is 0.176. The highest BCUT2D eigenvalue weighted by Crippen LogP contribution is 2.22. The first-order valence-corrected chi connectivity index (χ1v) is 6.44. The van der Waals surface area contributed by atoms with Crippen LogP contribution in [0.5, 0.6) is 0 Å². The average molecular weight is 260 g/mol. The second-order valence-electron chi connectivity index (χ2n) is 4.97. The molecule has 0 amide bonds. The van der Waals surface area contributed by atoms with Gasteiger partial charge in [-0.1, -0.05) is 24.8 Å². The SMILES string of the molecule is CC1Cn2cc(C#Cc3cccc(C#N)c3)cc2C1=O. The minimum atomic E-state index is 0.0688. The highest BCUT2D eigenvalue weighted by molar-refractivity contribution is 5.98. The topological polar surface area (TPSA) is 45.8 Å². The third-order valence-electron chi connectivity index (χ3n) is 3.41. The monoisotopic (exact) mass is 260 g/mol. The van der Waals surface area contributed by atoms with Gasteiger partial charge in [0.2, 0.25) is 0 Å². The van der Waals surface area contributed by atoms with Gasteiger partial charge in [-0.3, -0.25) is 4.79 Å². The van der Waals surface area contributed by atoms with Crippen LogP contribution >= 0.6 is 0 Å². The van der Waals surface area contributed by atoms with Crippen molar-refractivity contribution in [2.24, 2.45) is 5.92 Å². The third-order valence-corrected chi connectivity index (χ3v) is 3.41. The number of ketones is 1. The molecule has 0 saturated heterocycles. The Morgan fingerprint density at radius 1 is 1.20 bits per heavy atom. The second kappa shape index (κ2) is 4.72. The molecule has 0 bridgehead atoms. The maximum Gasteiger partial charge on any atom is 0.183 e. The molecule has 1 aliphatic heterocycles. The van der Waals surface area contributed by atoms with E-state index in [1.807, 2.05) is 35.9 Å². The predicted octanol–water partition coefficient (Wildman–Crippen LogP) is 2.59. The summed E-state index contributed by atoms with van der Waals surface area (Å²) in [6.45, 7) is 2.67. The maximum absolute atomic E-state index is 11.9. The summed E-state index contributed by atoms with van der Waals surface area (Å²) >= 11 is 0. The van der Waals surface area contributed by atoms with Crippen LogP contribution in [0.1, 0.15) is 34.1 Å². The van der Waals surface area contributed by atoms with Crippen molar-refractivity contribution in [1.82, 2.24) is 4.57 Å². The number of nitriles is 1. The van der Waals surface area contributed by atoms with Crippen LogP contribution in [0.25, 0.3) is 0 Å². The van der Waals surface area contributed by atoms with Crippen LogP contribution in [0.15, 0.2) is 36.5 Å². The van der Waals surface area contributed by atoms with Crippen molar-refractivity contribution >= 4 is 5.78 Å². The highest BCUT2D eigenvalue weighted by atomic mass is 16.1. The van der Waals surface area contributed by atoms with Crippen molar-refractivity contribution in [3.8, 4) is 17.9 Å². The van der Waals surface area contributed by atoms with Crippen molar-refractivity contribution < 1.29 is 4.79 Å². The number of Topliss-reactive ketones (excluding diaryl/α,β-unsaturated/α-hetero) is 1. The van der Waals surface area contributed by atoms with Crippen LogP contribution in [0.2, 0.25) is 0 Å². The number of fused-ring (bicyclic) bond motifs is 1. The van der Waals surface area contributed by atoms with Crippen LogP contribution in [-0.4, -0.2) is 10.4 Å². The summed E-state index contributed by atoms with van der Waals surface area (Å²) in [7, 11) is 0. The molecule has 0 N–H and O–H groups in total. The van der Waals surface area contributed by atoms with Crippen molar-refractivity contribution in [2.75, 3.05) is 0 Å². The summed E-state index contributed by atoms with van der Waals surface area (Å²) in [6, 6.07) is 11.1. The van der Waals surface area contributed by atoms with E-state index in [2.05, 4.69) is 17.9 Å². The normalized spacial score (nSPS) is 16.2. The lowest BCUT2D eigenvalue weighted by atomic mass is 10.1. The summed E-state index contributed by atoms with van der Waals surface area (Å²) in [5.74, 6) is 6.32. The highest BCUT2D eigenvalue weighted by Gasteiger charge is 2.27. The molecule has 3 heteroatoms. The lowest BCUT2D eigenvalue weighted by Gasteiger charge is -1.96. The van der Waals surface area contributed by atoms with Gasteiger partial charge in [0, 0.05) is 29.8 Å². The van der Waals surface area contributed by atoms with Crippen molar-refractivity contribution in [3.63, 3.8) is 0 Å². The Morgan fingerprint density at radius 2 is 1.95 bits per heavy atom. The smallest absolute Gasteiger partial charge is 0.183 e. The van der Waals surface area contributed by atoms with Gasteiger partial charge in [0.25, 0.3) is 0 Å². The minimum Gasteiger partial charge on any atom is -0.343 e. The Kier molecular flexibility index (Phi) is 2.89. The van der Waals surface area contributed by atoms with E-state index < -0.39 is 0 Å². The molecule has 1 aliphatic rings. The number of rotatable bonds is 0. The molecule has 1 atom stereocenters. The van der Waals surface area contributed by atoms with Gasteiger partial charge in [-0.05, 0) is 24.3 Å². The van der Waals surface area contributed by atoms with E-state index in [0.717, 1.165) is 23.4 Å². The lowest BCUT2D eigenvalue weighted by molar-refractivity contribution is 0.0946. The molecule has 0 radical (unpaired) electrons. The maximum atomic E-state index is 11.9. The minimum absolute atomic E-state index is 0.0688. The molecule has 0 fully saturated rings.